The van der Waals surface area contributed by atoms with E-state index in [4.69, 9.17) is 14.0 Å². The molecule has 2 N–H and O–H groups in total. The van der Waals surface area contributed by atoms with Crippen molar-refractivity contribution in [1.29, 1.82) is 0 Å². The van der Waals surface area contributed by atoms with Gasteiger partial charge in [0.2, 0.25) is 10.0 Å². The monoisotopic (exact) mass is 326 g/mol. The molecule has 0 unspecified atom stereocenters. The molecule has 1 amide bonds. The molecule has 2 heterocycles. The van der Waals surface area contributed by atoms with Crippen LogP contribution < -0.4 is 5.14 Å². The molecule has 2 aromatic heterocycles. The molecule has 0 aliphatic heterocycles. The van der Waals surface area contributed by atoms with Gasteiger partial charge in [-0.3, -0.25) is 4.79 Å². The summed E-state index contributed by atoms with van der Waals surface area (Å²) in [5.41, 5.74) is -0.0363. The number of hydrogen-bond acceptors (Lipinski definition) is 5. The molecule has 0 saturated carbocycles. The molecular formula is C14H18N2O5S. The Balaban J connectivity index is 2.37. The number of sulfonamides is 1. The minimum atomic E-state index is -4.06. The fourth-order valence-corrected chi connectivity index (χ4v) is 3.28. The van der Waals surface area contributed by atoms with E-state index in [2.05, 4.69) is 0 Å². The number of furan rings is 2. The second-order valence-corrected chi connectivity index (χ2v) is 6.64. The van der Waals surface area contributed by atoms with Gasteiger partial charge in [-0.2, -0.15) is 0 Å². The van der Waals surface area contributed by atoms with Crippen molar-refractivity contribution in [3.8, 4) is 0 Å². The molecule has 0 spiro atoms. The van der Waals surface area contributed by atoms with E-state index in [0.717, 1.165) is 5.76 Å². The van der Waals surface area contributed by atoms with E-state index in [1.807, 2.05) is 0 Å². The molecular weight excluding hydrogens is 308 g/mol. The van der Waals surface area contributed by atoms with Crippen LogP contribution in [0.15, 0.2) is 25.9 Å². The Morgan fingerprint density at radius 3 is 2.32 bits per heavy atom. The second kappa shape index (κ2) is 5.62. The van der Waals surface area contributed by atoms with Crippen LogP contribution in [-0.2, 0) is 16.6 Å². The summed E-state index contributed by atoms with van der Waals surface area (Å²) < 4.78 is 34.1. The third kappa shape index (κ3) is 3.07. The summed E-state index contributed by atoms with van der Waals surface area (Å²) in [5, 5.41) is 5.19. The molecule has 7 nitrogen and oxygen atoms in total. The predicted molar refractivity (Wildman–Crippen MR) is 78.8 cm³/mol. The van der Waals surface area contributed by atoms with Crippen molar-refractivity contribution in [2.24, 2.45) is 5.14 Å². The lowest BCUT2D eigenvalue weighted by molar-refractivity contribution is 0.0770. The minimum Gasteiger partial charge on any atom is -0.464 e. The molecule has 0 aliphatic rings. The highest BCUT2D eigenvalue weighted by molar-refractivity contribution is 7.89. The number of carbonyl (C=O) groups excluding carboxylic acids is 1. The van der Waals surface area contributed by atoms with Crippen LogP contribution in [-0.4, -0.2) is 26.3 Å². The van der Waals surface area contributed by atoms with Crippen LogP contribution >= 0.6 is 0 Å². The summed E-state index contributed by atoms with van der Waals surface area (Å²) in [4.78, 5) is 13.6. The third-order valence-electron chi connectivity index (χ3n) is 3.24. The largest absolute Gasteiger partial charge is 0.464 e. The number of nitrogens with two attached hydrogens (primary N) is 1. The second-order valence-electron chi connectivity index (χ2n) is 5.14. The average Bonchev–Trinajstić information content (AvgIpc) is 2.90. The van der Waals surface area contributed by atoms with Crippen LogP contribution in [0.4, 0.5) is 0 Å². The SMILES string of the molecule is Cc1ccc(CN(C)C(=O)c2c(C)oc(C)c2S(N)(=O)=O)o1. The molecule has 8 heteroatoms. The number of carbonyl (C=O) groups is 1. The zero-order chi connectivity index (χ0) is 16.7. The van der Waals surface area contributed by atoms with Crippen LogP contribution in [0.25, 0.3) is 0 Å². The molecule has 120 valence electrons. The Hall–Kier alpha value is -2.06. The topological polar surface area (TPSA) is 107 Å². The van der Waals surface area contributed by atoms with Crippen molar-refractivity contribution >= 4 is 15.9 Å². The van der Waals surface area contributed by atoms with Gasteiger partial charge < -0.3 is 13.7 Å². The Labute approximate surface area is 128 Å². The molecule has 22 heavy (non-hydrogen) atoms. The molecule has 0 atom stereocenters. The van der Waals surface area contributed by atoms with Gasteiger partial charge in [0.25, 0.3) is 5.91 Å². The van der Waals surface area contributed by atoms with Gasteiger partial charge in [-0.15, -0.1) is 0 Å². The first-order valence-corrected chi connectivity index (χ1v) is 8.09. The minimum absolute atomic E-state index is 0.0363. The zero-order valence-electron chi connectivity index (χ0n) is 12.8. The summed E-state index contributed by atoms with van der Waals surface area (Å²) in [6.07, 6.45) is 0. The van der Waals surface area contributed by atoms with Crippen LogP contribution in [0.1, 0.15) is 33.4 Å². The van der Waals surface area contributed by atoms with E-state index in [1.54, 1.807) is 26.1 Å². The molecule has 0 aromatic carbocycles. The Bertz CT molecular complexity index is 816. The van der Waals surface area contributed by atoms with Gasteiger partial charge in [0.1, 0.15) is 33.5 Å². The van der Waals surface area contributed by atoms with Gasteiger partial charge in [-0.1, -0.05) is 0 Å². The summed E-state index contributed by atoms with van der Waals surface area (Å²) in [6, 6.07) is 3.55. The van der Waals surface area contributed by atoms with Crippen LogP contribution in [0.5, 0.6) is 0 Å². The fraction of sp³-hybridized carbons (Fsp3) is 0.357. The maximum absolute atomic E-state index is 12.6. The van der Waals surface area contributed by atoms with Crippen molar-refractivity contribution < 1.29 is 22.0 Å². The van der Waals surface area contributed by atoms with Crippen LogP contribution in [0.3, 0.4) is 0 Å². The molecule has 2 aromatic rings. The van der Waals surface area contributed by atoms with Gasteiger partial charge in [-0.25, -0.2) is 13.6 Å². The quantitative estimate of drug-likeness (QED) is 0.920. The van der Waals surface area contributed by atoms with Crippen LogP contribution in [0.2, 0.25) is 0 Å². The number of amides is 1. The number of nitrogens with zero attached hydrogens (tertiary/aromatic N) is 1. The molecule has 0 radical (unpaired) electrons. The van der Waals surface area contributed by atoms with E-state index >= 15 is 0 Å². The fourth-order valence-electron chi connectivity index (χ4n) is 2.32. The maximum atomic E-state index is 12.6. The molecule has 2 rings (SSSR count). The molecule has 0 saturated heterocycles. The first kappa shape index (κ1) is 16.3. The van der Waals surface area contributed by atoms with Gasteiger partial charge in [0.05, 0.1) is 6.54 Å². The Kier molecular flexibility index (Phi) is 4.17. The number of aryl methyl sites for hydroxylation is 3. The van der Waals surface area contributed by atoms with E-state index in [0.29, 0.717) is 5.76 Å². The average molecular weight is 326 g/mol. The summed E-state index contributed by atoms with van der Waals surface area (Å²) in [6.45, 7) is 4.99. The summed E-state index contributed by atoms with van der Waals surface area (Å²) in [7, 11) is -2.50. The van der Waals surface area contributed by atoms with Crippen molar-refractivity contribution in [3.63, 3.8) is 0 Å². The lowest BCUT2D eigenvalue weighted by Gasteiger charge is -2.16. The zero-order valence-corrected chi connectivity index (χ0v) is 13.7. The first-order valence-electron chi connectivity index (χ1n) is 6.55. The highest BCUT2D eigenvalue weighted by Gasteiger charge is 2.30. The van der Waals surface area contributed by atoms with E-state index in [-0.39, 0.29) is 28.5 Å². The van der Waals surface area contributed by atoms with Gasteiger partial charge in [0.15, 0.2) is 0 Å². The lowest BCUT2D eigenvalue weighted by atomic mass is 10.2. The van der Waals surface area contributed by atoms with Crippen molar-refractivity contribution in [2.75, 3.05) is 7.05 Å². The van der Waals surface area contributed by atoms with Gasteiger partial charge in [0, 0.05) is 7.05 Å². The van der Waals surface area contributed by atoms with E-state index < -0.39 is 15.9 Å². The molecule has 0 aliphatic carbocycles. The van der Waals surface area contributed by atoms with Gasteiger partial charge >= 0.3 is 0 Å². The van der Waals surface area contributed by atoms with E-state index in [9.17, 15) is 13.2 Å². The summed E-state index contributed by atoms with van der Waals surface area (Å²) in [5.74, 6) is 1.16. The number of hydrogen-bond donors (Lipinski definition) is 1. The van der Waals surface area contributed by atoms with Crippen molar-refractivity contribution in [2.45, 2.75) is 32.2 Å². The Morgan fingerprint density at radius 2 is 1.82 bits per heavy atom. The third-order valence-corrected chi connectivity index (χ3v) is 4.30. The number of primary sulfonamides is 1. The van der Waals surface area contributed by atoms with E-state index in [1.165, 1.54) is 18.7 Å². The molecule has 0 fully saturated rings. The summed E-state index contributed by atoms with van der Waals surface area (Å²) >= 11 is 0. The van der Waals surface area contributed by atoms with Crippen LogP contribution in [0, 0.1) is 20.8 Å². The number of rotatable bonds is 4. The highest BCUT2D eigenvalue weighted by atomic mass is 32.2. The van der Waals surface area contributed by atoms with Crippen molar-refractivity contribution in [1.82, 2.24) is 4.90 Å². The first-order chi connectivity index (χ1) is 10.1. The highest BCUT2D eigenvalue weighted by Crippen LogP contribution is 2.27. The maximum Gasteiger partial charge on any atom is 0.258 e. The standard InChI is InChI=1S/C14H18N2O5S/c1-8-5-6-11(20-8)7-16(4)14(17)12-9(2)21-10(3)13(12)22(15,18)19/h5-6H,7H2,1-4H3,(H2,15,18,19). The van der Waals surface area contributed by atoms with Crippen molar-refractivity contribution in [3.05, 3.63) is 40.7 Å². The molecule has 0 bridgehead atoms. The lowest BCUT2D eigenvalue weighted by Crippen LogP contribution is -2.28. The smallest absolute Gasteiger partial charge is 0.258 e. The predicted octanol–water partition coefficient (Wildman–Crippen LogP) is 1.72. The Morgan fingerprint density at radius 1 is 1.18 bits per heavy atom. The van der Waals surface area contributed by atoms with Gasteiger partial charge in [-0.05, 0) is 32.9 Å². The normalized spacial score (nSPS) is 11.7.